The minimum atomic E-state index is -0.310. The van der Waals surface area contributed by atoms with Gasteiger partial charge < -0.3 is 4.74 Å². The quantitative estimate of drug-likeness (QED) is 0.487. The van der Waals surface area contributed by atoms with E-state index < -0.39 is 0 Å². The maximum Gasteiger partial charge on any atom is 0.322 e. The molecule has 2 nitrogen and oxygen atoms in total. The van der Waals surface area contributed by atoms with E-state index in [0.29, 0.717) is 12.5 Å². The fourth-order valence-corrected chi connectivity index (χ4v) is 2.74. The number of benzene rings is 1. The summed E-state index contributed by atoms with van der Waals surface area (Å²) in [5.74, 6) is 0.262. The van der Waals surface area contributed by atoms with Crippen LogP contribution in [0.2, 0.25) is 0 Å². The van der Waals surface area contributed by atoms with Gasteiger partial charge in [-0.15, -0.1) is 0 Å². The van der Waals surface area contributed by atoms with Crippen LogP contribution in [0.5, 0.6) is 0 Å². The van der Waals surface area contributed by atoms with Gasteiger partial charge in [0.2, 0.25) is 0 Å². The third kappa shape index (κ3) is 2.02. The Morgan fingerprint density at radius 3 is 2.80 bits per heavy atom. The molecule has 0 spiro atoms. The van der Waals surface area contributed by atoms with Crippen molar-refractivity contribution >= 4 is 28.6 Å². The molecule has 3 heteroatoms. The van der Waals surface area contributed by atoms with Gasteiger partial charge >= 0.3 is 5.97 Å². The van der Waals surface area contributed by atoms with Crippen molar-refractivity contribution in [1.29, 1.82) is 0 Å². The standard InChI is InChI=1S/C12H13IO2/c1-2-15-11(14)12(13)8-10(12)9-6-4-3-5-7-9/h3-7,10H,2,8H2,1H3. The zero-order valence-electron chi connectivity index (χ0n) is 8.57. The van der Waals surface area contributed by atoms with Crippen LogP contribution in [0, 0.1) is 0 Å². The topological polar surface area (TPSA) is 26.3 Å². The lowest BCUT2D eigenvalue weighted by Gasteiger charge is -2.08. The van der Waals surface area contributed by atoms with E-state index in [1.54, 1.807) is 0 Å². The van der Waals surface area contributed by atoms with E-state index >= 15 is 0 Å². The number of carbonyl (C=O) groups excluding carboxylic acids is 1. The third-order valence-corrected chi connectivity index (χ3v) is 4.34. The van der Waals surface area contributed by atoms with Crippen LogP contribution in [0.1, 0.15) is 24.8 Å². The van der Waals surface area contributed by atoms with Crippen molar-refractivity contribution in [3.63, 3.8) is 0 Å². The van der Waals surface area contributed by atoms with Crippen LogP contribution in [0.15, 0.2) is 30.3 Å². The van der Waals surface area contributed by atoms with Gasteiger partial charge in [0.25, 0.3) is 0 Å². The maximum atomic E-state index is 11.7. The third-order valence-electron chi connectivity index (χ3n) is 2.71. The van der Waals surface area contributed by atoms with Crippen molar-refractivity contribution in [3.8, 4) is 0 Å². The SMILES string of the molecule is CCOC(=O)C1(I)CC1c1ccccc1. The first-order valence-electron chi connectivity index (χ1n) is 5.09. The summed E-state index contributed by atoms with van der Waals surface area (Å²) in [5, 5.41) is 0. The molecular weight excluding hydrogens is 303 g/mol. The lowest BCUT2D eigenvalue weighted by Crippen LogP contribution is -2.20. The van der Waals surface area contributed by atoms with Gasteiger partial charge in [-0.25, -0.2) is 0 Å². The molecule has 15 heavy (non-hydrogen) atoms. The van der Waals surface area contributed by atoms with Gasteiger partial charge in [0.15, 0.2) is 0 Å². The summed E-state index contributed by atoms with van der Waals surface area (Å²) in [6.07, 6.45) is 0.899. The molecule has 0 heterocycles. The molecule has 0 amide bonds. The molecule has 0 aliphatic heterocycles. The van der Waals surface area contributed by atoms with E-state index in [0.717, 1.165) is 6.42 Å². The molecule has 1 fully saturated rings. The summed E-state index contributed by atoms with van der Waals surface area (Å²) < 4.78 is 4.76. The highest BCUT2D eigenvalue weighted by molar-refractivity contribution is 14.1. The van der Waals surface area contributed by atoms with Crippen LogP contribution < -0.4 is 0 Å². The average Bonchev–Trinajstić information content (AvgIpc) is 2.94. The highest BCUT2D eigenvalue weighted by Gasteiger charge is 2.60. The second-order valence-electron chi connectivity index (χ2n) is 3.75. The molecule has 1 aliphatic carbocycles. The predicted octanol–water partition coefficient (Wildman–Crippen LogP) is 2.91. The van der Waals surface area contributed by atoms with Gasteiger partial charge in [0.1, 0.15) is 3.42 Å². The normalized spacial score (nSPS) is 28.5. The molecule has 0 aromatic heterocycles. The molecule has 1 aromatic carbocycles. The first-order valence-corrected chi connectivity index (χ1v) is 6.17. The highest BCUT2D eigenvalue weighted by Crippen LogP contribution is 2.58. The van der Waals surface area contributed by atoms with Gasteiger partial charge in [-0.2, -0.15) is 0 Å². The van der Waals surface area contributed by atoms with Gasteiger partial charge in [-0.3, -0.25) is 4.79 Å². The second kappa shape index (κ2) is 4.12. The van der Waals surface area contributed by atoms with Gasteiger partial charge in [0, 0.05) is 5.92 Å². The molecule has 0 bridgehead atoms. The zero-order valence-corrected chi connectivity index (χ0v) is 10.7. The Morgan fingerprint density at radius 2 is 2.20 bits per heavy atom. The van der Waals surface area contributed by atoms with Crippen LogP contribution in [0.25, 0.3) is 0 Å². The van der Waals surface area contributed by atoms with Crippen molar-refractivity contribution in [2.75, 3.05) is 6.61 Å². The summed E-state index contributed by atoms with van der Waals surface area (Å²) in [6, 6.07) is 10.2. The number of hydrogen-bond donors (Lipinski definition) is 0. The average molecular weight is 316 g/mol. The summed E-state index contributed by atoms with van der Waals surface area (Å²) in [5.41, 5.74) is 1.24. The largest absolute Gasteiger partial charge is 0.465 e. The van der Waals surface area contributed by atoms with Crippen molar-refractivity contribution < 1.29 is 9.53 Å². The van der Waals surface area contributed by atoms with E-state index in [1.165, 1.54) is 5.56 Å². The van der Waals surface area contributed by atoms with E-state index in [1.807, 2.05) is 25.1 Å². The summed E-state index contributed by atoms with van der Waals surface area (Å²) in [4.78, 5) is 11.7. The van der Waals surface area contributed by atoms with Crippen molar-refractivity contribution in [3.05, 3.63) is 35.9 Å². The van der Waals surface area contributed by atoms with E-state index in [9.17, 15) is 4.79 Å². The highest BCUT2D eigenvalue weighted by atomic mass is 127. The van der Waals surface area contributed by atoms with Crippen LogP contribution in [0.3, 0.4) is 0 Å². The minimum absolute atomic E-state index is 0.0700. The molecule has 1 saturated carbocycles. The zero-order chi connectivity index (χ0) is 10.9. The fraction of sp³-hybridized carbons (Fsp3) is 0.417. The van der Waals surface area contributed by atoms with Crippen LogP contribution >= 0.6 is 22.6 Å². The Kier molecular flexibility index (Phi) is 3.00. The number of esters is 1. The Balaban J connectivity index is 2.09. The molecule has 2 atom stereocenters. The van der Waals surface area contributed by atoms with E-state index in [2.05, 4.69) is 34.7 Å². The van der Waals surface area contributed by atoms with Crippen molar-refractivity contribution in [2.45, 2.75) is 22.7 Å². The smallest absolute Gasteiger partial charge is 0.322 e. The summed E-state index contributed by atoms with van der Waals surface area (Å²) >= 11 is 2.23. The van der Waals surface area contributed by atoms with E-state index in [4.69, 9.17) is 4.74 Å². The molecule has 0 saturated heterocycles. The number of alkyl halides is 1. The molecule has 2 rings (SSSR count). The second-order valence-corrected chi connectivity index (χ2v) is 5.68. The maximum absolute atomic E-state index is 11.7. The number of ether oxygens (including phenoxy) is 1. The van der Waals surface area contributed by atoms with Crippen LogP contribution in [0.4, 0.5) is 0 Å². The first-order chi connectivity index (χ1) is 7.18. The molecular formula is C12H13IO2. The molecule has 2 unspecified atom stereocenters. The van der Waals surface area contributed by atoms with Gasteiger partial charge in [0.05, 0.1) is 6.61 Å². The van der Waals surface area contributed by atoms with Crippen LogP contribution in [-0.4, -0.2) is 16.0 Å². The Hall–Kier alpha value is -0.580. The fourth-order valence-electron chi connectivity index (χ4n) is 1.78. The molecule has 0 radical (unpaired) electrons. The van der Waals surface area contributed by atoms with Gasteiger partial charge in [-0.05, 0) is 18.9 Å². The monoisotopic (exact) mass is 316 g/mol. The predicted molar refractivity (Wildman–Crippen MR) is 67.2 cm³/mol. The van der Waals surface area contributed by atoms with Crippen molar-refractivity contribution in [1.82, 2.24) is 0 Å². The lowest BCUT2D eigenvalue weighted by molar-refractivity contribution is -0.142. The first kappa shape index (κ1) is 10.9. The summed E-state index contributed by atoms with van der Waals surface area (Å²) in [7, 11) is 0. The minimum Gasteiger partial charge on any atom is -0.465 e. The molecule has 80 valence electrons. The number of rotatable bonds is 3. The van der Waals surface area contributed by atoms with Crippen LogP contribution in [-0.2, 0) is 9.53 Å². The Morgan fingerprint density at radius 1 is 1.53 bits per heavy atom. The lowest BCUT2D eigenvalue weighted by atomic mass is 10.1. The number of halogens is 1. The number of carbonyl (C=O) groups is 1. The Labute approximate surface area is 103 Å². The number of hydrogen-bond acceptors (Lipinski definition) is 2. The van der Waals surface area contributed by atoms with Crippen molar-refractivity contribution in [2.24, 2.45) is 0 Å². The molecule has 1 aliphatic rings. The summed E-state index contributed by atoms with van der Waals surface area (Å²) in [6.45, 7) is 2.31. The Bertz CT molecular complexity index is 363. The molecule has 1 aromatic rings. The van der Waals surface area contributed by atoms with Gasteiger partial charge in [-0.1, -0.05) is 52.9 Å². The van der Waals surface area contributed by atoms with E-state index in [-0.39, 0.29) is 9.39 Å². The molecule has 0 N–H and O–H groups in total.